The normalized spacial score (nSPS) is 20.8. The SMILES string of the molecule is CCNC(=NCc1ccnc(N2CCCCCC2)c1)NCC1CCCN1CC.I. The van der Waals surface area contributed by atoms with Gasteiger partial charge in [0.25, 0.3) is 0 Å². The maximum Gasteiger partial charge on any atom is 0.191 e. The molecule has 2 N–H and O–H groups in total. The van der Waals surface area contributed by atoms with E-state index in [0.717, 1.165) is 44.5 Å². The Balaban J connectivity index is 0.00000300. The van der Waals surface area contributed by atoms with Crippen LogP contribution in [0.15, 0.2) is 23.3 Å². The lowest BCUT2D eigenvalue weighted by molar-refractivity contribution is 0.267. The van der Waals surface area contributed by atoms with Gasteiger partial charge in [0.2, 0.25) is 0 Å². The van der Waals surface area contributed by atoms with Crippen molar-refractivity contribution in [3.63, 3.8) is 0 Å². The lowest BCUT2D eigenvalue weighted by Gasteiger charge is -2.24. The summed E-state index contributed by atoms with van der Waals surface area (Å²) in [7, 11) is 0. The van der Waals surface area contributed by atoms with E-state index < -0.39 is 0 Å². The molecule has 6 nitrogen and oxygen atoms in total. The van der Waals surface area contributed by atoms with Gasteiger partial charge < -0.3 is 15.5 Å². The third-order valence-electron chi connectivity index (χ3n) is 5.91. The highest BCUT2D eigenvalue weighted by Crippen LogP contribution is 2.19. The molecule has 0 amide bonds. The summed E-state index contributed by atoms with van der Waals surface area (Å²) in [5.41, 5.74) is 1.22. The van der Waals surface area contributed by atoms with E-state index in [1.165, 1.54) is 50.6 Å². The van der Waals surface area contributed by atoms with E-state index in [1.807, 2.05) is 6.20 Å². The lowest BCUT2D eigenvalue weighted by Crippen LogP contribution is -2.44. The molecule has 0 aromatic carbocycles. The third kappa shape index (κ3) is 7.59. The minimum absolute atomic E-state index is 0. The molecule has 2 fully saturated rings. The number of nitrogens with zero attached hydrogens (tertiary/aromatic N) is 4. The largest absolute Gasteiger partial charge is 0.357 e. The summed E-state index contributed by atoms with van der Waals surface area (Å²) < 4.78 is 0. The zero-order chi connectivity index (χ0) is 19.6. The summed E-state index contributed by atoms with van der Waals surface area (Å²) in [4.78, 5) is 14.4. The molecular weight excluding hydrogens is 475 g/mol. The zero-order valence-electron chi connectivity index (χ0n) is 18.2. The van der Waals surface area contributed by atoms with E-state index in [-0.39, 0.29) is 24.0 Å². The van der Waals surface area contributed by atoms with Crippen LogP contribution in [0.5, 0.6) is 0 Å². The smallest absolute Gasteiger partial charge is 0.191 e. The highest BCUT2D eigenvalue weighted by molar-refractivity contribution is 14.0. The Morgan fingerprint density at radius 2 is 1.90 bits per heavy atom. The van der Waals surface area contributed by atoms with Gasteiger partial charge in [0.15, 0.2) is 5.96 Å². The first kappa shape index (κ1) is 24.2. The van der Waals surface area contributed by atoms with Crippen LogP contribution in [-0.4, -0.2) is 61.2 Å². The van der Waals surface area contributed by atoms with Gasteiger partial charge in [-0.1, -0.05) is 19.8 Å². The number of hydrogen-bond donors (Lipinski definition) is 2. The van der Waals surface area contributed by atoms with Gasteiger partial charge in [-0.15, -0.1) is 24.0 Å². The second-order valence-electron chi connectivity index (χ2n) is 7.92. The molecule has 2 aliphatic rings. The number of aliphatic imine (C=N–C) groups is 1. The van der Waals surface area contributed by atoms with Crippen LogP contribution < -0.4 is 15.5 Å². The van der Waals surface area contributed by atoms with Crippen molar-refractivity contribution in [2.45, 2.75) is 65.0 Å². The number of aromatic nitrogens is 1. The average molecular weight is 515 g/mol. The molecule has 0 saturated carbocycles. The molecule has 1 atom stereocenters. The number of rotatable bonds is 7. The van der Waals surface area contributed by atoms with Crippen LogP contribution in [0.4, 0.5) is 5.82 Å². The second kappa shape index (κ2) is 13.3. The van der Waals surface area contributed by atoms with Gasteiger partial charge >= 0.3 is 0 Å². The minimum atomic E-state index is 0. The Kier molecular flexibility index (Phi) is 11.1. The Morgan fingerprint density at radius 1 is 1.10 bits per heavy atom. The van der Waals surface area contributed by atoms with Crippen molar-refractivity contribution >= 4 is 35.8 Å². The molecule has 29 heavy (non-hydrogen) atoms. The van der Waals surface area contributed by atoms with E-state index in [0.29, 0.717) is 12.6 Å². The summed E-state index contributed by atoms with van der Waals surface area (Å²) >= 11 is 0. The predicted molar refractivity (Wildman–Crippen MR) is 133 cm³/mol. The van der Waals surface area contributed by atoms with Crippen molar-refractivity contribution < 1.29 is 0 Å². The van der Waals surface area contributed by atoms with Crippen molar-refractivity contribution in [1.82, 2.24) is 20.5 Å². The van der Waals surface area contributed by atoms with Crippen LogP contribution in [0, 0.1) is 0 Å². The Morgan fingerprint density at radius 3 is 2.62 bits per heavy atom. The standard InChI is InChI=1S/C22H38N6.HI/c1-3-23-22(26-18-20-10-9-15-27(20)4-2)25-17-19-11-12-24-21(16-19)28-13-7-5-6-8-14-28;/h11-12,16,20H,3-10,13-15,17-18H2,1-2H3,(H2,23,25,26);1H. The maximum atomic E-state index is 4.83. The Labute approximate surface area is 194 Å². The molecule has 3 heterocycles. The van der Waals surface area contributed by atoms with Gasteiger partial charge in [0.05, 0.1) is 6.54 Å². The molecule has 0 aliphatic carbocycles. The average Bonchev–Trinajstić information content (AvgIpc) is 3.01. The summed E-state index contributed by atoms with van der Waals surface area (Å²) in [6, 6.07) is 4.93. The number of pyridine rings is 1. The highest BCUT2D eigenvalue weighted by atomic mass is 127. The molecule has 2 saturated heterocycles. The summed E-state index contributed by atoms with van der Waals surface area (Å²) in [6.45, 7) is 11.5. The molecule has 164 valence electrons. The van der Waals surface area contributed by atoms with Crippen molar-refractivity contribution in [3.8, 4) is 0 Å². The summed E-state index contributed by atoms with van der Waals surface area (Å²) in [5, 5.41) is 6.94. The van der Waals surface area contributed by atoms with Gasteiger partial charge in [-0.2, -0.15) is 0 Å². The minimum Gasteiger partial charge on any atom is -0.357 e. The van der Waals surface area contributed by atoms with Gasteiger partial charge in [-0.3, -0.25) is 4.90 Å². The predicted octanol–water partition coefficient (Wildman–Crippen LogP) is 3.62. The fourth-order valence-electron chi connectivity index (χ4n) is 4.30. The van der Waals surface area contributed by atoms with Crippen molar-refractivity contribution in [1.29, 1.82) is 0 Å². The van der Waals surface area contributed by atoms with Crippen molar-refractivity contribution in [3.05, 3.63) is 23.9 Å². The first-order chi connectivity index (χ1) is 13.8. The van der Waals surface area contributed by atoms with Gasteiger partial charge in [0.1, 0.15) is 5.82 Å². The number of guanidine groups is 1. The van der Waals surface area contributed by atoms with Crippen molar-refractivity contribution in [2.24, 2.45) is 4.99 Å². The van der Waals surface area contributed by atoms with Crippen LogP contribution in [0.2, 0.25) is 0 Å². The molecule has 2 aliphatic heterocycles. The topological polar surface area (TPSA) is 55.8 Å². The number of halogens is 1. The summed E-state index contributed by atoms with van der Waals surface area (Å²) in [5.74, 6) is 2.02. The third-order valence-corrected chi connectivity index (χ3v) is 5.91. The number of likely N-dealkylation sites (N-methyl/N-ethyl adjacent to an activating group) is 1. The van der Waals surface area contributed by atoms with E-state index >= 15 is 0 Å². The molecule has 3 rings (SSSR count). The Hall–Kier alpha value is -1.09. The maximum absolute atomic E-state index is 4.83. The van der Waals surface area contributed by atoms with E-state index in [4.69, 9.17) is 4.99 Å². The van der Waals surface area contributed by atoms with Crippen LogP contribution in [-0.2, 0) is 6.54 Å². The number of nitrogens with one attached hydrogen (secondary N) is 2. The molecule has 7 heteroatoms. The van der Waals surface area contributed by atoms with Crippen LogP contribution in [0.1, 0.15) is 57.9 Å². The van der Waals surface area contributed by atoms with Crippen LogP contribution in [0.3, 0.4) is 0 Å². The molecular formula is C22H39IN6. The molecule has 0 bridgehead atoms. The van der Waals surface area contributed by atoms with E-state index in [1.54, 1.807) is 0 Å². The number of anilines is 1. The monoisotopic (exact) mass is 514 g/mol. The quantitative estimate of drug-likeness (QED) is 0.331. The fraction of sp³-hybridized carbons (Fsp3) is 0.727. The summed E-state index contributed by atoms with van der Waals surface area (Å²) in [6.07, 6.45) is 9.75. The van der Waals surface area contributed by atoms with Crippen LogP contribution in [0.25, 0.3) is 0 Å². The van der Waals surface area contributed by atoms with Gasteiger partial charge in [0, 0.05) is 38.4 Å². The lowest BCUT2D eigenvalue weighted by atomic mass is 10.2. The van der Waals surface area contributed by atoms with E-state index in [9.17, 15) is 0 Å². The van der Waals surface area contributed by atoms with Gasteiger partial charge in [-0.05, 0) is 63.4 Å². The molecule has 0 spiro atoms. The van der Waals surface area contributed by atoms with E-state index in [2.05, 4.69) is 51.4 Å². The van der Waals surface area contributed by atoms with Gasteiger partial charge in [-0.25, -0.2) is 9.98 Å². The van der Waals surface area contributed by atoms with Crippen molar-refractivity contribution in [2.75, 3.05) is 44.2 Å². The molecule has 0 radical (unpaired) electrons. The zero-order valence-corrected chi connectivity index (χ0v) is 20.5. The number of likely N-dealkylation sites (tertiary alicyclic amines) is 1. The first-order valence-corrected chi connectivity index (χ1v) is 11.3. The fourth-order valence-corrected chi connectivity index (χ4v) is 4.30. The highest BCUT2D eigenvalue weighted by Gasteiger charge is 2.22. The second-order valence-corrected chi connectivity index (χ2v) is 7.92. The molecule has 1 aromatic heterocycles. The molecule has 1 aromatic rings. The van der Waals surface area contributed by atoms with Crippen LogP contribution >= 0.6 is 24.0 Å². The Bertz CT molecular complexity index is 615. The number of hydrogen-bond acceptors (Lipinski definition) is 4. The molecule has 1 unspecified atom stereocenters. The first-order valence-electron chi connectivity index (χ1n) is 11.3.